The first-order valence-corrected chi connectivity index (χ1v) is 4.51. The molecule has 3 heteroatoms. The maximum absolute atomic E-state index is 5.71. The third kappa shape index (κ3) is 3.92. The first kappa shape index (κ1) is 10.0. The zero-order chi connectivity index (χ0) is 9.52. The summed E-state index contributed by atoms with van der Waals surface area (Å²) in [5.74, 6) is 0.813. The number of nitrogens with two attached hydrogens (primary N) is 1. The zero-order valence-electron chi connectivity index (χ0n) is 7.86. The van der Waals surface area contributed by atoms with Crippen LogP contribution in [-0.4, -0.2) is 19.3 Å². The minimum Gasteiger partial charge on any atom is -0.474 e. The highest BCUT2D eigenvalue weighted by Gasteiger charge is 2.01. The van der Waals surface area contributed by atoms with Crippen molar-refractivity contribution in [3.8, 4) is 5.75 Å². The molecule has 0 spiro atoms. The Kier molecular flexibility index (Phi) is 4.29. The summed E-state index contributed by atoms with van der Waals surface area (Å²) in [7, 11) is 0. The monoisotopic (exact) mass is 180 g/mol. The highest BCUT2D eigenvalue weighted by atomic mass is 16.5. The third-order valence-corrected chi connectivity index (χ3v) is 1.63. The molecule has 72 valence electrons. The molecule has 0 saturated carbocycles. The number of hydrogen-bond donors (Lipinski definition) is 2. The standard InChI is InChI=1S/C10H16N2O/c1-2-12-8-10(11)13-9-6-4-3-5-7-9/h3-7,10,12H,2,8,11H2,1H3. The van der Waals surface area contributed by atoms with Crippen LogP contribution in [0.2, 0.25) is 0 Å². The van der Waals surface area contributed by atoms with Gasteiger partial charge >= 0.3 is 0 Å². The Morgan fingerprint density at radius 2 is 2.08 bits per heavy atom. The average molecular weight is 180 g/mol. The summed E-state index contributed by atoms with van der Waals surface area (Å²) in [6, 6.07) is 9.59. The summed E-state index contributed by atoms with van der Waals surface area (Å²) in [6.07, 6.45) is -0.276. The van der Waals surface area contributed by atoms with Gasteiger partial charge in [0, 0.05) is 6.54 Å². The van der Waals surface area contributed by atoms with Gasteiger partial charge in [0.1, 0.15) is 5.75 Å². The Hall–Kier alpha value is -1.06. The van der Waals surface area contributed by atoms with Crippen molar-refractivity contribution >= 4 is 0 Å². The van der Waals surface area contributed by atoms with Crippen LogP contribution >= 0.6 is 0 Å². The lowest BCUT2D eigenvalue weighted by molar-refractivity contribution is 0.206. The number of benzene rings is 1. The van der Waals surface area contributed by atoms with Crippen LogP contribution in [0.15, 0.2) is 30.3 Å². The van der Waals surface area contributed by atoms with Crippen LogP contribution in [0.25, 0.3) is 0 Å². The van der Waals surface area contributed by atoms with Crippen molar-refractivity contribution < 1.29 is 4.74 Å². The van der Waals surface area contributed by atoms with E-state index in [2.05, 4.69) is 5.32 Å². The number of likely N-dealkylation sites (N-methyl/N-ethyl adjacent to an activating group) is 1. The summed E-state index contributed by atoms with van der Waals surface area (Å²) < 4.78 is 5.43. The first-order chi connectivity index (χ1) is 6.33. The molecule has 1 aromatic rings. The van der Waals surface area contributed by atoms with Crippen LogP contribution in [0.5, 0.6) is 5.75 Å². The largest absolute Gasteiger partial charge is 0.474 e. The van der Waals surface area contributed by atoms with Gasteiger partial charge in [0.25, 0.3) is 0 Å². The van der Waals surface area contributed by atoms with Crippen LogP contribution < -0.4 is 15.8 Å². The first-order valence-electron chi connectivity index (χ1n) is 4.51. The van der Waals surface area contributed by atoms with E-state index in [1.54, 1.807) is 0 Å². The molecule has 0 saturated heterocycles. The summed E-state index contributed by atoms with van der Waals surface area (Å²) >= 11 is 0. The predicted molar refractivity (Wildman–Crippen MR) is 53.6 cm³/mol. The number of nitrogens with one attached hydrogen (secondary N) is 1. The molecule has 0 fully saturated rings. The summed E-state index contributed by atoms with van der Waals surface area (Å²) in [4.78, 5) is 0. The molecule has 0 heterocycles. The number of ether oxygens (including phenoxy) is 1. The second-order valence-electron chi connectivity index (χ2n) is 2.78. The lowest BCUT2D eigenvalue weighted by Crippen LogP contribution is -2.38. The maximum atomic E-state index is 5.71. The molecule has 1 aromatic carbocycles. The number of rotatable bonds is 5. The Balaban J connectivity index is 2.32. The lowest BCUT2D eigenvalue weighted by Gasteiger charge is -2.14. The van der Waals surface area contributed by atoms with Gasteiger partial charge in [-0.3, -0.25) is 5.73 Å². The van der Waals surface area contributed by atoms with Crippen molar-refractivity contribution in [1.29, 1.82) is 0 Å². The van der Waals surface area contributed by atoms with Crippen LogP contribution in [0.3, 0.4) is 0 Å². The van der Waals surface area contributed by atoms with E-state index in [9.17, 15) is 0 Å². The predicted octanol–water partition coefficient (Wildman–Crippen LogP) is 0.960. The van der Waals surface area contributed by atoms with Gasteiger partial charge in [0.05, 0.1) is 0 Å². The van der Waals surface area contributed by atoms with Crippen molar-refractivity contribution in [2.45, 2.75) is 13.2 Å². The summed E-state index contributed by atoms with van der Waals surface area (Å²) in [6.45, 7) is 3.62. The molecule has 0 aliphatic rings. The van der Waals surface area contributed by atoms with Gasteiger partial charge in [-0.2, -0.15) is 0 Å². The third-order valence-electron chi connectivity index (χ3n) is 1.63. The fourth-order valence-corrected chi connectivity index (χ4v) is 1.00. The van der Waals surface area contributed by atoms with E-state index in [1.165, 1.54) is 0 Å². The molecule has 0 aliphatic heterocycles. The second kappa shape index (κ2) is 5.56. The van der Waals surface area contributed by atoms with Crippen molar-refractivity contribution in [2.75, 3.05) is 13.1 Å². The van der Waals surface area contributed by atoms with E-state index in [4.69, 9.17) is 10.5 Å². The minimum absolute atomic E-state index is 0.276. The molecule has 0 bridgehead atoms. The Bertz CT molecular complexity index is 226. The van der Waals surface area contributed by atoms with Crippen LogP contribution in [0, 0.1) is 0 Å². The Labute approximate surface area is 78.9 Å². The van der Waals surface area contributed by atoms with Gasteiger partial charge in [-0.1, -0.05) is 25.1 Å². The molecular formula is C10H16N2O. The summed E-state index contributed by atoms with van der Waals surface area (Å²) in [5.41, 5.74) is 5.71. The topological polar surface area (TPSA) is 47.3 Å². The summed E-state index contributed by atoms with van der Waals surface area (Å²) in [5, 5.41) is 3.12. The number of hydrogen-bond acceptors (Lipinski definition) is 3. The molecular weight excluding hydrogens is 164 g/mol. The van der Waals surface area contributed by atoms with Gasteiger partial charge in [0.15, 0.2) is 6.23 Å². The number of para-hydroxylation sites is 1. The highest BCUT2D eigenvalue weighted by Crippen LogP contribution is 2.08. The fraction of sp³-hybridized carbons (Fsp3) is 0.400. The van der Waals surface area contributed by atoms with E-state index in [0.29, 0.717) is 6.54 Å². The molecule has 1 unspecified atom stereocenters. The zero-order valence-corrected chi connectivity index (χ0v) is 7.86. The van der Waals surface area contributed by atoms with E-state index in [1.807, 2.05) is 37.3 Å². The molecule has 3 nitrogen and oxygen atoms in total. The molecule has 0 aromatic heterocycles. The molecule has 3 N–H and O–H groups in total. The lowest BCUT2D eigenvalue weighted by atomic mass is 10.3. The van der Waals surface area contributed by atoms with Crippen LogP contribution in [0.4, 0.5) is 0 Å². The van der Waals surface area contributed by atoms with Crippen LogP contribution in [0.1, 0.15) is 6.92 Å². The van der Waals surface area contributed by atoms with Crippen LogP contribution in [-0.2, 0) is 0 Å². The van der Waals surface area contributed by atoms with Crippen molar-refractivity contribution in [1.82, 2.24) is 5.32 Å². The van der Waals surface area contributed by atoms with Gasteiger partial charge in [-0.15, -0.1) is 0 Å². The molecule has 13 heavy (non-hydrogen) atoms. The molecule has 1 atom stereocenters. The SMILES string of the molecule is CCNCC(N)Oc1ccccc1. The van der Waals surface area contributed by atoms with Gasteiger partial charge < -0.3 is 10.1 Å². The quantitative estimate of drug-likeness (QED) is 0.663. The van der Waals surface area contributed by atoms with Crippen molar-refractivity contribution in [2.24, 2.45) is 5.73 Å². The highest BCUT2D eigenvalue weighted by molar-refractivity contribution is 5.21. The second-order valence-corrected chi connectivity index (χ2v) is 2.78. The van der Waals surface area contributed by atoms with Gasteiger partial charge in [0.2, 0.25) is 0 Å². The fourth-order valence-electron chi connectivity index (χ4n) is 1.00. The Morgan fingerprint density at radius 3 is 2.69 bits per heavy atom. The molecule has 0 amide bonds. The average Bonchev–Trinajstić information content (AvgIpc) is 2.16. The maximum Gasteiger partial charge on any atom is 0.160 e. The van der Waals surface area contributed by atoms with E-state index < -0.39 is 0 Å². The van der Waals surface area contributed by atoms with Gasteiger partial charge in [-0.25, -0.2) is 0 Å². The molecule has 0 aliphatic carbocycles. The van der Waals surface area contributed by atoms with E-state index >= 15 is 0 Å². The minimum atomic E-state index is -0.276. The molecule has 0 radical (unpaired) electrons. The normalized spacial score (nSPS) is 12.5. The molecule has 1 rings (SSSR count). The van der Waals surface area contributed by atoms with E-state index in [0.717, 1.165) is 12.3 Å². The van der Waals surface area contributed by atoms with E-state index in [-0.39, 0.29) is 6.23 Å². The smallest absolute Gasteiger partial charge is 0.160 e. The Morgan fingerprint density at radius 1 is 1.38 bits per heavy atom. The van der Waals surface area contributed by atoms with Gasteiger partial charge in [-0.05, 0) is 18.7 Å². The van der Waals surface area contributed by atoms with Crippen molar-refractivity contribution in [3.05, 3.63) is 30.3 Å². The van der Waals surface area contributed by atoms with Crippen molar-refractivity contribution in [3.63, 3.8) is 0 Å².